The molecule has 0 unspecified atom stereocenters. The maximum absolute atomic E-state index is 6.39. The largest absolute Gasteiger partial charge is 0.398 e. The molecule has 0 aliphatic rings. The first-order chi connectivity index (χ1) is 11.5. The van der Waals surface area contributed by atoms with E-state index in [4.69, 9.17) is 5.73 Å². The summed E-state index contributed by atoms with van der Waals surface area (Å²) in [4.78, 5) is 2.35. The highest BCUT2D eigenvalue weighted by atomic mass is 15.2. The molecule has 24 heavy (non-hydrogen) atoms. The third-order valence-electron chi connectivity index (χ3n) is 4.06. The molecule has 0 fully saturated rings. The van der Waals surface area contributed by atoms with E-state index < -0.39 is 0 Å². The Morgan fingerprint density at radius 3 is 1.88 bits per heavy atom. The highest BCUT2D eigenvalue weighted by Gasteiger charge is 2.26. The van der Waals surface area contributed by atoms with Gasteiger partial charge in [0.15, 0.2) is 0 Å². The summed E-state index contributed by atoms with van der Waals surface area (Å²) >= 11 is 0. The minimum Gasteiger partial charge on any atom is -0.398 e. The molecule has 0 amide bonds. The number of nitrogen functional groups attached to an aromatic ring is 1. The number of nitrogens with zero attached hydrogens (tertiary/aromatic N) is 1. The first kappa shape index (κ1) is 16.1. The Kier molecular flexibility index (Phi) is 4.30. The molecule has 0 bridgehead atoms. The lowest BCUT2D eigenvalue weighted by Crippen LogP contribution is -2.38. The lowest BCUT2D eigenvalue weighted by molar-refractivity contribution is 0.561. The summed E-state index contributed by atoms with van der Waals surface area (Å²) in [6, 6.07) is 27.0. The maximum Gasteiger partial charge on any atom is 0.0516 e. The molecule has 0 saturated carbocycles. The van der Waals surface area contributed by atoms with Gasteiger partial charge in [0.1, 0.15) is 0 Å². The zero-order valence-electron chi connectivity index (χ0n) is 14.5. The summed E-state index contributed by atoms with van der Waals surface area (Å²) in [6.07, 6.45) is 0. The number of anilines is 3. The van der Waals surface area contributed by atoms with Crippen LogP contribution in [0.2, 0.25) is 0 Å². The summed E-state index contributed by atoms with van der Waals surface area (Å²) in [5.74, 6) is 0. The standard InChI is InChI=1S/C22H24N2/c1-22(2,3)24(18-13-8-5-9-14-18)20-16-10-15-19(23)21(20)17-11-6-4-7-12-17/h4-16H,23H2,1-3H3. The van der Waals surface area contributed by atoms with Gasteiger partial charge in [0, 0.05) is 22.5 Å². The maximum atomic E-state index is 6.39. The molecule has 3 aromatic rings. The lowest BCUT2D eigenvalue weighted by Gasteiger charge is -2.39. The molecular weight excluding hydrogens is 292 g/mol. The molecule has 0 spiro atoms. The van der Waals surface area contributed by atoms with Crippen LogP contribution in [0, 0.1) is 0 Å². The van der Waals surface area contributed by atoms with E-state index in [9.17, 15) is 0 Å². The van der Waals surface area contributed by atoms with Crippen LogP contribution in [0.1, 0.15) is 20.8 Å². The van der Waals surface area contributed by atoms with Gasteiger partial charge in [-0.2, -0.15) is 0 Å². The van der Waals surface area contributed by atoms with Crippen molar-refractivity contribution in [1.29, 1.82) is 0 Å². The molecule has 3 rings (SSSR count). The Labute approximate surface area is 144 Å². The number of benzene rings is 3. The Morgan fingerprint density at radius 2 is 1.29 bits per heavy atom. The van der Waals surface area contributed by atoms with E-state index >= 15 is 0 Å². The zero-order valence-corrected chi connectivity index (χ0v) is 14.5. The Bertz CT molecular complexity index is 802. The van der Waals surface area contributed by atoms with E-state index in [0.717, 1.165) is 28.2 Å². The fourth-order valence-corrected chi connectivity index (χ4v) is 3.13. The van der Waals surface area contributed by atoms with Crippen molar-refractivity contribution in [2.45, 2.75) is 26.3 Å². The van der Waals surface area contributed by atoms with Gasteiger partial charge in [0.2, 0.25) is 0 Å². The minimum absolute atomic E-state index is 0.0846. The van der Waals surface area contributed by atoms with Gasteiger partial charge < -0.3 is 10.6 Å². The molecule has 2 N–H and O–H groups in total. The number of hydrogen-bond acceptors (Lipinski definition) is 2. The summed E-state index contributed by atoms with van der Waals surface area (Å²) < 4.78 is 0. The van der Waals surface area contributed by atoms with Crippen molar-refractivity contribution in [3.05, 3.63) is 78.9 Å². The normalized spacial score (nSPS) is 11.3. The summed E-state index contributed by atoms with van der Waals surface area (Å²) in [7, 11) is 0. The molecule has 2 nitrogen and oxygen atoms in total. The van der Waals surface area contributed by atoms with Crippen LogP contribution in [0.4, 0.5) is 17.1 Å². The number of para-hydroxylation sites is 1. The zero-order chi connectivity index (χ0) is 17.2. The third-order valence-corrected chi connectivity index (χ3v) is 4.06. The van der Waals surface area contributed by atoms with Crippen molar-refractivity contribution >= 4 is 17.1 Å². The molecule has 122 valence electrons. The van der Waals surface area contributed by atoms with Crippen molar-refractivity contribution in [3.8, 4) is 11.1 Å². The van der Waals surface area contributed by atoms with E-state index in [1.165, 1.54) is 0 Å². The van der Waals surface area contributed by atoms with E-state index in [1.807, 2.05) is 24.3 Å². The fraction of sp³-hybridized carbons (Fsp3) is 0.182. The summed E-state index contributed by atoms with van der Waals surface area (Å²) in [6.45, 7) is 6.66. The number of hydrogen-bond donors (Lipinski definition) is 1. The number of rotatable bonds is 3. The van der Waals surface area contributed by atoms with Gasteiger partial charge in [-0.3, -0.25) is 0 Å². The highest BCUT2D eigenvalue weighted by molar-refractivity contribution is 5.90. The topological polar surface area (TPSA) is 29.3 Å². The van der Waals surface area contributed by atoms with E-state index in [-0.39, 0.29) is 5.54 Å². The van der Waals surface area contributed by atoms with Crippen LogP contribution in [-0.2, 0) is 0 Å². The average molecular weight is 316 g/mol. The second-order valence-electron chi connectivity index (χ2n) is 6.95. The van der Waals surface area contributed by atoms with Gasteiger partial charge in [0.25, 0.3) is 0 Å². The van der Waals surface area contributed by atoms with Crippen LogP contribution < -0.4 is 10.6 Å². The molecule has 0 saturated heterocycles. The minimum atomic E-state index is -0.0846. The Morgan fingerprint density at radius 1 is 0.708 bits per heavy atom. The van der Waals surface area contributed by atoms with Crippen molar-refractivity contribution in [3.63, 3.8) is 0 Å². The van der Waals surface area contributed by atoms with Gasteiger partial charge in [-0.1, -0.05) is 54.6 Å². The molecule has 0 heterocycles. The Balaban J connectivity index is 2.25. The van der Waals surface area contributed by atoms with Gasteiger partial charge in [0.05, 0.1) is 5.69 Å². The quantitative estimate of drug-likeness (QED) is 0.612. The van der Waals surface area contributed by atoms with Crippen molar-refractivity contribution in [2.24, 2.45) is 0 Å². The van der Waals surface area contributed by atoms with Gasteiger partial charge in [-0.25, -0.2) is 0 Å². The molecule has 0 atom stereocenters. The SMILES string of the molecule is CC(C)(C)N(c1ccccc1)c1cccc(N)c1-c1ccccc1. The summed E-state index contributed by atoms with van der Waals surface area (Å²) in [5.41, 5.74) is 11.6. The lowest BCUT2D eigenvalue weighted by atomic mass is 9.96. The molecule has 2 heteroatoms. The van der Waals surface area contributed by atoms with Gasteiger partial charge in [-0.05, 0) is 50.6 Å². The molecule has 0 aliphatic carbocycles. The monoisotopic (exact) mass is 316 g/mol. The molecular formula is C22H24N2. The molecule has 0 aliphatic heterocycles. The van der Waals surface area contributed by atoms with Gasteiger partial charge >= 0.3 is 0 Å². The van der Waals surface area contributed by atoms with Crippen LogP contribution in [-0.4, -0.2) is 5.54 Å². The second kappa shape index (κ2) is 6.40. The third kappa shape index (κ3) is 3.13. The van der Waals surface area contributed by atoms with Crippen LogP contribution in [0.15, 0.2) is 78.9 Å². The molecule has 0 radical (unpaired) electrons. The predicted octanol–water partition coefficient (Wildman–Crippen LogP) is 5.87. The molecule has 0 aromatic heterocycles. The number of nitrogens with two attached hydrogens (primary N) is 1. The van der Waals surface area contributed by atoms with Crippen molar-refractivity contribution in [2.75, 3.05) is 10.6 Å². The van der Waals surface area contributed by atoms with Gasteiger partial charge in [-0.15, -0.1) is 0 Å². The van der Waals surface area contributed by atoms with Crippen LogP contribution in [0.3, 0.4) is 0 Å². The Hall–Kier alpha value is -2.74. The van der Waals surface area contributed by atoms with Crippen molar-refractivity contribution in [1.82, 2.24) is 0 Å². The molecule has 3 aromatic carbocycles. The second-order valence-corrected chi connectivity index (χ2v) is 6.95. The highest BCUT2D eigenvalue weighted by Crippen LogP contribution is 2.42. The van der Waals surface area contributed by atoms with E-state index in [2.05, 4.69) is 80.3 Å². The predicted molar refractivity (Wildman–Crippen MR) is 105 cm³/mol. The van der Waals surface area contributed by atoms with E-state index in [0.29, 0.717) is 0 Å². The van der Waals surface area contributed by atoms with Crippen LogP contribution in [0.25, 0.3) is 11.1 Å². The van der Waals surface area contributed by atoms with Crippen molar-refractivity contribution < 1.29 is 0 Å². The smallest absolute Gasteiger partial charge is 0.0516 e. The first-order valence-corrected chi connectivity index (χ1v) is 8.27. The van der Waals surface area contributed by atoms with E-state index in [1.54, 1.807) is 0 Å². The van der Waals surface area contributed by atoms with Crippen LogP contribution in [0.5, 0.6) is 0 Å². The van der Waals surface area contributed by atoms with Crippen LogP contribution >= 0.6 is 0 Å². The fourth-order valence-electron chi connectivity index (χ4n) is 3.13. The first-order valence-electron chi connectivity index (χ1n) is 8.27. The average Bonchev–Trinajstić information content (AvgIpc) is 2.56. The summed E-state index contributed by atoms with van der Waals surface area (Å²) in [5, 5.41) is 0.